The summed E-state index contributed by atoms with van der Waals surface area (Å²) in [7, 11) is -4.14. The highest BCUT2D eigenvalue weighted by Crippen LogP contribution is 2.26. The SMILES string of the molecule is Cc1ccc(S(=O)(=O)N(CC(=O)N(Cc2ccc(Br)cc2)C(Cc2ccccc2)C(=O)NCC(C)C)c2cccc(C)c2)cc1. The van der Waals surface area contributed by atoms with Crippen LogP contribution in [0.5, 0.6) is 0 Å². The van der Waals surface area contributed by atoms with Crippen LogP contribution in [-0.2, 0) is 32.6 Å². The number of benzene rings is 4. The molecular formula is C36H40BrN3O4S. The van der Waals surface area contributed by atoms with Crippen LogP contribution in [0.4, 0.5) is 5.69 Å². The normalized spacial score (nSPS) is 12.0. The van der Waals surface area contributed by atoms with E-state index in [2.05, 4.69) is 21.2 Å². The number of carbonyl (C=O) groups is 2. The summed E-state index contributed by atoms with van der Waals surface area (Å²) in [4.78, 5) is 30.0. The van der Waals surface area contributed by atoms with Crippen molar-refractivity contribution in [1.82, 2.24) is 10.2 Å². The molecule has 9 heteroatoms. The summed E-state index contributed by atoms with van der Waals surface area (Å²) in [5.41, 5.74) is 3.84. The molecule has 7 nitrogen and oxygen atoms in total. The number of halogens is 1. The first-order valence-electron chi connectivity index (χ1n) is 15.0. The maximum Gasteiger partial charge on any atom is 0.264 e. The van der Waals surface area contributed by atoms with E-state index in [4.69, 9.17) is 0 Å². The second-order valence-corrected chi connectivity index (χ2v) is 14.4. The van der Waals surface area contributed by atoms with Crippen LogP contribution in [0.3, 0.4) is 0 Å². The number of hydrogen-bond acceptors (Lipinski definition) is 4. The lowest BCUT2D eigenvalue weighted by Crippen LogP contribution is -2.53. The first kappa shape index (κ1) is 33.9. The summed E-state index contributed by atoms with van der Waals surface area (Å²) in [5.74, 6) is -0.573. The van der Waals surface area contributed by atoms with Gasteiger partial charge in [-0.1, -0.05) is 102 Å². The molecule has 0 saturated carbocycles. The van der Waals surface area contributed by atoms with Crippen LogP contribution in [0.15, 0.2) is 112 Å². The number of rotatable bonds is 13. The van der Waals surface area contributed by atoms with Gasteiger partial charge in [0.2, 0.25) is 11.8 Å². The fraction of sp³-hybridized carbons (Fsp3) is 0.278. The number of aryl methyl sites for hydroxylation is 2. The van der Waals surface area contributed by atoms with E-state index in [1.54, 1.807) is 42.5 Å². The summed E-state index contributed by atoms with van der Waals surface area (Å²) in [5, 5.41) is 3.01. The van der Waals surface area contributed by atoms with Gasteiger partial charge in [0.25, 0.3) is 10.0 Å². The van der Waals surface area contributed by atoms with Gasteiger partial charge in [0, 0.05) is 24.0 Å². The molecule has 0 spiro atoms. The molecule has 4 aromatic carbocycles. The molecule has 0 bridgehead atoms. The van der Waals surface area contributed by atoms with Gasteiger partial charge < -0.3 is 10.2 Å². The Balaban J connectivity index is 1.79. The summed E-state index contributed by atoms with van der Waals surface area (Å²) in [6.07, 6.45) is 0.266. The van der Waals surface area contributed by atoms with Gasteiger partial charge in [0.05, 0.1) is 10.6 Å². The molecule has 0 aliphatic carbocycles. The van der Waals surface area contributed by atoms with Gasteiger partial charge in [-0.25, -0.2) is 8.42 Å². The quantitative estimate of drug-likeness (QED) is 0.170. The average Bonchev–Trinajstić information content (AvgIpc) is 3.01. The highest BCUT2D eigenvalue weighted by atomic mass is 79.9. The van der Waals surface area contributed by atoms with Gasteiger partial charge in [0.15, 0.2) is 0 Å². The Morgan fingerprint density at radius 2 is 1.47 bits per heavy atom. The third-order valence-electron chi connectivity index (χ3n) is 7.40. The number of anilines is 1. The highest BCUT2D eigenvalue weighted by Gasteiger charge is 2.34. The van der Waals surface area contributed by atoms with Crippen LogP contribution >= 0.6 is 15.9 Å². The number of amides is 2. The minimum atomic E-state index is -4.14. The van der Waals surface area contributed by atoms with E-state index in [9.17, 15) is 18.0 Å². The van der Waals surface area contributed by atoms with Crippen molar-refractivity contribution >= 4 is 43.5 Å². The Labute approximate surface area is 275 Å². The van der Waals surface area contributed by atoms with Crippen molar-refractivity contribution in [2.75, 3.05) is 17.4 Å². The second kappa shape index (κ2) is 15.4. The van der Waals surface area contributed by atoms with Crippen LogP contribution in [0.2, 0.25) is 0 Å². The maximum absolute atomic E-state index is 14.5. The second-order valence-electron chi connectivity index (χ2n) is 11.7. The number of nitrogens with one attached hydrogen (secondary N) is 1. The van der Waals surface area contributed by atoms with Gasteiger partial charge in [-0.3, -0.25) is 13.9 Å². The number of hydrogen-bond donors (Lipinski definition) is 1. The molecule has 0 saturated heterocycles. The van der Waals surface area contributed by atoms with Crippen molar-refractivity contribution in [1.29, 1.82) is 0 Å². The first-order valence-corrected chi connectivity index (χ1v) is 17.2. The largest absolute Gasteiger partial charge is 0.354 e. The summed E-state index contributed by atoms with van der Waals surface area (Å²) in [6, 6.07) is 29.8. The lowest BCUT2D eigenvalue weighted by molar-refractivity contribution is -0.140. The maximum atomic E-state index is 14.5. The molecule has 236 valence electrons. The lowest BCUT2D eigenvalue weighted by Gasteiger charge is -2.34. The van der Waals surface area contributed by atoms with Gasteiger partial charge in [-0.05, 0) is 72.9 Å². The first-order chi connectivity index (χ1) is 21.4. The molecule has 2 amide bonds. The van der Waals surface area contributed by atoms with E-state index in [0.29, 0.717) is 12.2 Å². The Kier molecular flexibility index (Phi) is 11.6. The molecule has 4 aromatic rings. The Morgan fingerprint density at radius 1 is 0.800 bits per heavy atom. The topological polar surface area (TPSA) is 86.8 Å². The molecule has 0 radical (unpaired) electrons. The molecular weight excluding hydrogens is 650 g/mol. The van der Waals surface area contributed by atoms with Crippen LogP contribution in [0, 0.1) is 19.8 Å². The molecule has 1 atom stereocenters. The molecule has 1 N–H and O–H groups in total. The average molecular weight is 691 g/mol. The monoisotopic (exact) mass is 689 g/mol. The summed E-state index contributed by atoms with van der Waals surface area (Å²) >= 11 is 3.47. The molecule has 0 aliphatic rings. The van der Waals surface area contributed by atoms with Crippen molar-refractivity contribution in [2.45, 2.75) is 51.6 Å². The predicted molar refractivity (Wildman–Crippen MR) is 183 cm³/mol. The molecule has 4 rings (SSSR count). The number of nitrogens with zero attached hydrogens (tertiary/aromatic N) is 2. The zero-order chi connectivity index (χ0) is 32.6. The Morgan fingerprint density at radius 3 is 2.09 bits per heavy atom. The van der Waals surface area contributed by atoms with Crippen LogP contribution < -0.4 is 9.62 Å². The molecule has 0 heterocycles. The fourth-order valence-electron chi connectivity index (χ4n) is 4.91. The van der Waals surface area contributed by atoms with E-state index < -0.39 is 28.5 Å². The smallest absolute Gasteiger partial charge is 0.264 e. The lowest BCUT2D eigenvalue weighted by atomic mass is 10.0. The van der Waals surface area contributed by atoms with Gasteiger partial charge in [-0.15, -0.1) is 0 Å². The standard InChI is InChI=1S/C36H40BrN3O4S/c1-26(2)23-38-36(42)34(22-29-10-6-5-7-11-29)39(24-30-15-17-31(37)18-16-30)35(41)25-40(32-12-8-9-28(4)21-32)45(43,44)33-19-13-27(3)14-20-33/h5-21,26,34H,22-25H2,1-4H3,(H,38,42). The molecule has 0 aromatic heterocycles. The van der Waals surface area contributed by atoms with Crippen molar-refractivity contribution in [2.24, 2.45) is 5.92 Å². The number of sulfonamides is 1. The van der Waals surface area contributed by atoms with E-state index in [1.165, 1.54) is 4.90 Å². The fourth-order valence-corrected chi connectivity index (χ4v) is 6.58. The molecule has 1 unspecified atom stereocenters. The summed E-state index contributed by atoms with van der Waals surface area (Å²) in [6.45, 7) is 7.84. The van der Waals surface area contributed by atoms with Crippen molar-refractivity contribution in [3.63, 3.8) is 0 Å². The zero-order valence-corrected chi connectivity index (χ0v) is 28.5. The Hall–Kier alpha value is -3.95. The highest BCUT2D eigenvalue weighted by molar-refractivity contribution is 9.10. The van der Waals surface area contributed by atoms with Gasteiger partial charge in [0.1, 0.15) is 12.6 Å². The zero-order valence-electron chi connectivity index (χ0n) is 26.1. The Bertz CT molecular complexity index is 1690. The number of carbonyl (C=O) groups excluding carboxylic acids is 2. The minimum Gasteiger partial charge on any atom is -0.354 e. The third kappa shape index (κ3) is 9.28. The van der Waals surface area contributed by atoms with E-state index >= 15 is 0 Å². The van der Waals surface area contributed by atoms with Crippen LogP contribution in [0.25, 0.3) is 0 Å². The van der Waals surface area contributed by atoms with Gasteiger partial charge in [-0.2, -0.15) is 0 Å². The minimum absolute atomic E-state index is 0.0809. The van der Waals surface area contributed by atoms with Crippen LogP contribution in [-0.4, -0.2) is 44.3 Å². The van der Waals surface area contributed by atoms with Crippen molar-refractivity contribution in [3.05, 3.63) is 130 Å². The summed E-state index contributed by atoms with van der Waals surface area (Å²) < 4.78 is 30.3. The molecule has 0 aliphatic heterocycles. The third-order valence-corrected chi connectivity index (χ3v) is 9.72. The predicted octanol–water partition coefficient (Wildman–Crippen LogP) is 6.67. The molecule has 45 heavy (non-hydrogen) atoms. The van der Waals surface area contributed by atoms with Gasteiger partial charge >= 0.3 is 0 Å². The van der Waals surface area contributed by atoms with Crippen LogP contribution in [0.1, 0.15) is 36.1 Å². The van der Waals surface area contributed by atoms with Crippen molar-refractivity contribution < 1.29 is 18.0 Å². The van der Waals surface area contributed by atoms with E-state index in [0.717, 1.165) is 31.0 Å². The molecule has 0 fully saturated rings. The van der Waals surface area contributed by atoms with E-state index in [-0.39, 0.29) is 29.7 Å². The van der Waals surface area contributed by atoms with Crippen molar-refractivity contribution in [3.8, 4) is 0 Å². The van der Waals surface area contributed by atoms with E-state index in [1.807, 2.05) is 88.4 Å².